The first-order chi connectivity index (χ1) is 17.5. The molecule has 180 valence electrons. The molecule has 36 heavy (non-hydrogen) atoms. The Hall–Kier alpha value is -4.64. The molecule has 0 spiro atoms. The fourth-order valence-electron chi connectivity index (χ4n) is 3.71. The lowest BCUT2D eigenvalue weighted by atomic mass is 10.0. The number of ether oxygens (including phenoxy) is 2. The zero-order valence-corrected chi connectivity index (χ0v) is 20.3. The molecule has 0 aromatic heterocycles. The second-order valence-electron chi connectivity index (χ2n) is 8.19. The standard InChI is InChI=1S/C31H27NO4/c1-4-30(33)35-28-19-17-26(18-20-28)32(27-7-6-8-29(21-27)36-31(34)5-2)25-15-13-24(14-16-25)23-11-9-22(3)10-12-23/h4,6-21H,1,5H2,2-3H3. The van der Waals surface area contributed by atoms with E-state index >= 15 is 0 Å². The topological polar surface area (TPSA) is 55.8 Å². The van der Waals surface area contributed by atoms with Gasteiger partial charge >= 0.3 is 11.9 Å². The van der Waals surface area contributed by atoms with Crippen LogP contribution in [-0.2, 0) is 9.59 Å². The molecule has 0 atom stereocenters. The van der Waals surface area contributed by atoms with E-state index in [0.29, 0.717) is 17.9 Å². The largest absolute Gasteiger partial charge is 0.426 e. The van der Waals surface area contributed by atoms with Gasteiger partial charge in [0.25, 0.3) is 0 Å². The molecule has 0 bridgehead atoms. The molecule has 0 fully saturated rings. The molecule has 0 saturated carbocycles. The molecule has 0 unspecified atom stereocenters. The summed E-state index contributed by atoms with van der Waals surface area (Å²) in [6.07, 6.45) is 1.41. The number of carbonyl (C=O) groups excluding carboxylic acids is 2. The fourth-order valence-corrected chi connectivity index (χ4v) is 3.71. The van der Waals surface area contributed by atoms with Crippen molar-refractivity contribution < 1.29 is 19.1 Å². The van der Waals surface area contributed by atoms with Crippen LogP contribution in [0.1, 0.15) is 18.9 Å². The lowest BCUT2D eigenvalue weighted by Gasteiger charge is -2.26. The molecular formula is C31H27NO4. The number of carbonyl (C=O) groups is 2. The smallest absolute Gasteiger partial charge is 0.335 e. The van der Waals surface area contributed by atoms with Crippen molar-refractivity contribution in [2.24, 2.45) is 0 Å². The van der Waals surface area contributed by atoms with E-state index < -0.39 is 5.97 Å². The average molecular weight is 478 g/mol. The Bertz CT molecular complexity index is 1360. The van der Waals surface area contributed by atoms with Crippen LogP contribution in [0.3, 0.4) is 0 Å². The third kappa shape index (κ3) is 5.88. The molecule has 4 aromatic carbocycles. The summed E-state index contributed by atoms with van der Waals surface area (Å²) in [5, 5.41) is 0. The van der Waals surface area contributed by atoms with Gasteiger partial charge in [0, 0.05) is 35.6 Å². The summed E-state index contributed by atoms with van der Waals surface area (Å²) in [6.45, 7) is 7.26. The lowest BCUT2D eigenvalue weighted by molar-refractivity contribution is -0.134. The fraction of sp³-hybridized carbons (Fsp3) is 0.0968. The van der Waals surface area contributed by atoms with E-state index in [2.05, 4.69) is 49.9 Å². The van der Waals surface area contributed by atoms with Gasteiger partial charge in [-0.3, -0.25) is 4.79 Å². The first-order valence-corrected chi connectivity index (χ1v) is 11.7. The molecule has 0 amide bonds. The molecule has 5 nitrogen and oxygen atoms in total. The summed E-state index contributed by atoms with van der Waals surface area (Å²) in [4.78, 5) is 25.5. The van der Waals surface area contributed by atoms with Gasteiger partial charge < -0.3 is 14.4 Å². The highest BCUT2D eigenvalue weighted by Crippen LogP contribution is 2.37. The number of aryl methyl sites for hydroxylation is 1. The Morgan fingerprint density at radius 2 is 1.33 bits per heavy atom. The van der Waals surface area contributed by atoms with Crippen LogP contribution in [0.4, 0.5) is 17.1 Å². The number of rotatable bonds is 8. The SMILES string of the molecule is C=CC(=O)Oc1ccc(N(c2ccc(-c3ccc(C)cc3)cc2)c2cccc(OC(=O)CC)c2)cc1. The number of nitrogens with zero attached hydrogens (tertiary/aromatic N) is 1. The maximum atomic E-state index is 11.9. The first kappa shape index (κ1) is 24.5. The van der Waals surface area contributed by atoms with Gasteiger partial charge in [-0.15, -0.1) is 0 Å². The van der Waals surface area contributed by atoms with Crippen molar-refractivity contribution in [3.05, 3.63) is 115 Å². The van der Waals surface area contributed by atoms with E-state index in [1.165, 1.54) is 5.56 Å². The van der Waals surface area contributed by atoms with E-state index in [0.717, 1.165) is 34.3 Å². The number of hydrogen-bond donors (Lipinski definition) is 0. The number of benzene rings is 4. The zero-order chi connectivity index (χ0) is 25.5. The maximum Gasteiger partial charge on any atom is 0.335 e. The Balaban J connectivity index is 1.72. The van der Waals surface area contributed by atoms with E-state index in [1.54, 1.807) is 25.1 Å². The van der Waals surface area contributed by atoms with Gasteiger partial charge in [-0.1, -0.05) is 61.5 Å². The van der Waals surface area contributed by atoms with Crippen molar-refractivity contribution in [3.63, 3.8) is 0 Å². The second kappa shape index (κ2) is 11.2. The minimum atomic E-state index is -0.517. The molecule has 5 heteroatoms. The Morgan fingerprint density at radius 1 is 0.750 bits per heavy atom. The molecule has 4 aromatic rings. The van der Waals surface area contributed by atoms with Gasteiger partial charge in [-0.25, -0.2) is 4.79 Å². The minimum absolute atomic E-state index is 0.291. The minimum Gasteiger partial charge on any atom is -0.426 e. The maximum absolute atomic E-state index is 11.9. The van der Waals surface area contributed by atoms with Crippen LogP contribution in [0.25, 0.3) is 11.1 Å². The van der Waals surface area contributed by atoms with Gasteiger partial charge in [0.05, 0.1) is 0 Å². The normalized spacial score (nSPS) is 10.4. The van der Waals surface area contributed by atoms with Crippen molar-refractivity contribution in [1.82, 2.24) is 0 Å². The van der Waals surface area contributed by atoms with E-state index in [1.807, 2.05) is 47.4 Å². The molecule has 0 saturated heterocycles. The summed E-state index contributed by atoms with van der Waals surface area (Å²) < 4.78 is 10.7. The summed E-state index contributed by atoms with van der Waals surface area (Å²) in [5.41, 5.74) is 6.04. The molecule has 0 radical (unpaired) electrons. The van der Waals surface area contributed by atoms with Crippen LogP contribution < -0.4 is 14.4 Å². The Labute approximate surface area is 211 Å². The highest BCUT2D eigenvalue weighted by Gasteiger charge is 2.15. The number of hydrogen-bond acceptors (Lipinski definition) is 5. The molecule has 0 aliphatic rings. The predicted octanol–water partition coefficient (Wildman–Crippen LogP) is 7.54. The van der Waals surface area contributed by atoms with Crippen LogP contribution in [-0.4, -0.2) is 11.9 Å². The third-order valence-electron chi connectivity index (χ3n) is 5.59. The van der Waals surface area contributed by atoms with Gasteiger partial charge in [0.2, 0.25) is 0 Å². The van der Waals surface area contributed by atoms with Crippen molar-refractivity contribution in [3.8, 4) is 22.6 Å². The molecule has 0 heterocycles. The van der Waals surface area contributed by atoms with Crippen molar-refractivity contribution in [1.29, 1.82) is 0 Å². The van der Waals surface area contributed by atoms with Crippen LogP contribution in [0.2, 0.25) is 0 Å². The first-order valence-electron chi connectivity index (χ1n) is 11.7. The summed E-state index contributed by atoms with van der Waals surface area (Å²) in [7, 11) is 0. The molecule has 4 rings (SSSR count). The van der Waals surface area contributed by atoms with E-state index in [9.17, 15) is 9.59 Å². The molecular weight excluding hydrogens is 450 g/mol. The molecule has 0 aliphatic heterocycles. The number of anilines is 3. The van der Waals surface area contributed by atoms with Gasteiger partial charge in [-0.2, -0.15) is 0 Å². The van der Waals surface area contributed by atoms with Crippen LogP contribution in [0, 0.1) is 6.92 Å². The highest BCUT2D eigenvalue weighted by atomic mass is 16.5. The quantitative estimate of drug-likeness (QED) is 0.149. The van der Waals surface area contributed by atoms with Gasteiger partial charge in [0.1, 0.15) is 11.5 Å². The average Bonchev–Trinajstić information content (AvgIpc) is 2.91. The Kier molecular flexibility index (Phi) is 7.61. The molecule has 0 N–H and O–H groups in total. The lowest BCUT2D eigenvalue weighted by Crippen LogP contribution is -2.11. The van der Waals surface area contributed by atoms with Crippen molar-refractivity contribution in [2.75, 3.05) is 4.90 Å². The highest BCUT2D eigenvalue weighted by molar-refractivity contribution is 5.84. The van der Waals surface area contributed by atoms with Crippen molar-refractivity contribution in [2.45, 2.75) is 20.3 Å². The van der Waals surface area contributed by atoms with Crippen LogP contribution in [0.5, 0.6) is 11.5 Å². The predicted molar refractivity (Wildman–Crippen MR) is 143 cm³/mol. The number of esters is 2. The second-order valence-corrected chi connectivity index (χ2v) is 8.19. The molecule has 0 aliphatic carbocycles. The monoisotopic (exact) mass is 477 g/mol. The summed E-state index contributed by atoms with van der Waals surface area (Å²) >= 11 is 0. The Morgan fingerprint density at radius 3 is 1.92 bits per heavy atom. The summed E-state index contributed by atoms with van der Waals surface area (Å²) in [6, 6.07) is 31.2. The van der Waals surface area contributed by atoms with E-state index in [-0.39, 0.29) is 5.97 Å². The third-order valence-corrected chi connectivity index (χ3v) is 5.59. The van der Waals surface area contributed by atoms with Crippen LogP contribution in [0.15, 0.2) is 110 Å². The summed E-state index contributed by atoms with van der Waals surface area (Å²) in [5.74, 6) is 0.0763. The zero-order valence-electron chi connectivity index (χ0n) is 20.3. The van der Waals surface area contributed by atoms with E-state index in [4.69, 9.17) is 9.47 Å². The van der Waals surface area contributed by atoms with Gasteiger partial charge in [-0.05, 0) is 66.6 Å². The van der Waals surface area contributed by atoms with Crippen molar-refractivity contribution >= 4 is 29.0 Å². The van der Waals surface area contributed by atoms with Crippen LogP contribution >= 0.6 is 0 Å². The van der Waals surface area contributed by atoms with Gasteiger partial charge in [0.15, 0.2) is 0 Å².